The lowest BCUT2D eigenvalue weighted by Gasteiger charge is -1.80. The highest BCUT2D eigenvalue weighted by molar-refractivity contribution is 14.2. The molecule has 0 heterocycles. The molecule has 0 aliphatic heterocycles. The molecule has 0 aliphatic rings. The highest BCUT2D eigenvalue weighted by Crippen LogP contribution is 2.11. The number of rotatable bonds is 3. The Morgan fingerprint density at radius 1 is 1.83 bits per heavy atom. The molecule has 0 bridgehead atoms. The van der Waals surface area contributed by atoms with Gasteiger partial charge < -0.3 is 0 Å². The average Bonchev–Trinajstić information content (AvgIpc) is 1.61. The molecule has 6 heavy (non-hydrogen) atoms. The van der Waals surface area contributed by atoms with Crippen molar-refractivity contribution in [3.63, 3.8) is 0 Å². The molecule has 0 aliphatic carbocycles. The minimum Gasteiger partial charge on any atom is -0.103 e. The molecule has 0 aromatic heterocycles. The zero-order valence-corrected chi connectivity index (χ0v) is 6.46. The molecule has 0 unspecified atom stereocenters. The van der Waals surface area contributed by atoms with Crippen molar-refractivity contribution in [1.82, 2.24) is 0 Å². The lowest BCUT2D eigenvalue weighted by atomic mass is 10.5. The summed E-state index contributed by atoms with van der Waals surface area (Å²) in [5, 5.41) is 0. The Morgan fingerprint density at radius 2 is 2.50 bits per heavy atom. The molecule has 0 radical (unpaired) electrons. The molecule has 0 aromatic carbocycles. The topological polar surface area (TPSA) is 0 Å². The molecule has 0 saturated heterocycles. The molecule has 36 valence electrons. The number of allylic oxidation sites excluding steroid dienone is 1. The summed E-state index contributed by atoms with van der Waals surface area (Å²) in [5.74, 6) is 1.20. The number of hydrogen-bond donors (Lipinski definition) is 0. The van der Waals surface area contributed by atoms with E-state index in [1.54, 1.807) is 0 Å². The average molecular weight is 214 g/mol. The quantitative estimate of drug-likeness (QED) is 0.395. The van der Waals surface area contributed by atoms with Crippen LogP contribution in [0.5, 0.6) is 0 Å². The van der Waals surface area contributed by atoms with Gasteiger partial charge in [0.1, 0.15) is 0 Å². The lowest BCUT2D eigenvalue weighted by Crippen LogP contribution is -1.63. The van der Waals surface area contributed by atoms with Crippen LogP contribution in [0.1, 0.15) is 6.42 Å². The largest absolute Gasteiger partial charge is 0.103 e. The molecular formula is C4H7IS. The summed E-state index contributed by atoms with van der Waals surface area (Å²) in [6.07, 6.45) is 3.07. The van der Waals surface area contributed by atoms with Crippen molar-refractivity contribution in [1.29, 1.82) is 0 Å². The van der Waals surface area contributed by atoms with Gasteiger partial charge in [-0.1, -0.05) is 15.0 Å². The normalized spacial score (nSPS) is 8.17. The van der Waals surface area contributed by atoms with Crippen molar-refractivity contribution in [2.24, 2.45) is 0 Å². The molecule has 0 atom stereocenters. The Balaban J connectivity index is 2.49. The van der Waals surface area contributed by atoms with E-state index in [1.807, 2.05) is 15.0 Å². The molecule has 0 rings (SSSR count). The first-order valence-electron chi connectivity index (χ1n) is 1.76. The van der Waals surface area contributed by atoms with Gasteiger partial charge in [0, 0.05) is 5.75 Å². The molecule has 0 fully saturated rings. The van der Waals surface area contributed by atoms with Gasteiger partial charge >= 0.3 is 0 Å². The van der Waals surface area contributed by atoms with E-state index < -0.39 is 0 Å². The predicted octanol–water partition coefficient (Wildman–Crippen LogP) is 2.65. The molecule has 0 spiro atoms. The third-order valence-corrected chi connectivity index (χ3v) is 2.11. The Labute approximate surface area is 55.0 Å². The van der Waals surface area contributed by atoms with Crippen molar-refractivity contribution >= 4 is 30.1 Å². The lowest BCUT2D eigenvalue weighted by molar-refractivity contribution is 1.26. The molecule has 0 N–H and O–H groups in total. The van der Waals surface area contributed by atoms with E-state index in [0.29, 0.717) is 0 Å². The summed E-state index contributed by atoms with van der Waals surface area (Å²) in [4.78, 5) is 0. The predicted molar refractivity (Wildman–Crippen MR) is 41.3 cm³/mol. The number of hydrogen-bond acceptors (Lipinski definition) is 1. The van der Waals surface area contributed by atoms with Crippen LogP contribution in [0.2, 0.25) is 0 Å². The third kappa shape index (κ3) is 4.82. The first kappa shape index (κ1) is 6.82. The molecule has 0 amide bonds. The Kier molecular flexibility index (Phi) is 6.62. The van der Waals surface area contributed by atoms with Crippen LogP contribution in [0.25, 0.3) is 0 Å². The second-order valence-electron chi connectivity index (χ2n) is 0.891. The van der Waals surface area contributed by atoms with Gasteiger partial charge in [-0.2, -0.15) is 0 Å². The molecule has 0 aromatic rings. The van der Waals surface area contributed by atoms with Crippen molar-refractivity contribution in [3.8, 4) is 0 Å². The van der Waals surface area contributed by atoms with Crippen molar-refractivity contribution in [2.75, 3.05) is 5.75 Å². The van der Waals surface area contributed by atoms with Crippen LogP contribution in [0, 0.1) is 0 Å². The first-order valence-corrected chi connectivity index (χ1v) is 5.29. The number of halogens is 1. The monoisotopic (exact) mass is 214 g/mol. The van der Waals surface area contributed by atoms with Crippen LogP contribution in [-0.4, -0.2) is 5.75 Å². The van der Waals surface area contributed by atoms with Crippen LogP contribution < -0.4 is 0 Å². The van der Waals surface area contributed by atoms with Crippen LogP contribution in [0.4, 0.5) is 0 Å². The third-order valence-electron chi connectivity index (χ3n) is 0.399. The van der Waals surface area contributed by atoms with E-state index in [1.165, 1.54) is 5.75 Å². The smallest absolute Gasteiger partial charge is 0.00679 e. The highest BCUT2D eigenvalue weighted by Gasteiger charge is 1.73. The van der Waals surface area contributed by atoms with Gasteiger partial charge in [-0.3, -0.25) is 0 Å². The second-order valence-corrected chi connectivity index (χ2v) is 3.39. The molecular weight excluding hydrogens is 207 g/mol. The van der Waals surface area contributed by atoms with Crippen molar-refractivity contribution < 1.29 is 0 Å². The summed E-state index contributed by atoms with van der Waals surface area (Å²) < 4.78 is 0. The summed E-state index contributed by atoms with van der Waals surface area (Å²) in [7, 11) is 1.82. The van der Waals surface area contributed by atoms with Gasteiger partial charge in [-0.05, 0) is 27.6 Å². The summed E-state index contributed by atoms with van der Waals surface area (Å²) in [6, 6.07) is 0. The van der Waals surface area contributed by atoms with Crippen molar-refractivity contribution in [2.45, 2.75) is 6.42 Å². The highest BCUT2D eigenvalue weighted by atomic mass is 127. The van der Waals surface area contributed by atoms with Crippen molar-refractivity contribution in [3.05, 3.63) is 12.7 Å². The molecule has 2 heteroatoms. The van der Waals surface area contributed by atoms with Crippen LogP contribution in [-0.2, 0) is 0 Å². The van der Waals surface area contributed by atoms with E-state index in [0.717, 1.165) is 6.42 Å². The van der Waals surface area contributed by atoms with E-state index in [-0.39, 0.29) is 0 Å². The van der Waals surface area contributed by atoms with Gasteiger partial charge in [-0.15, -0.1) is 6.58 Å². The van der Waals surface area contributed by atoms with Gasteiger partial charge in [0.15, 0.2) is 0 Å². The van der Waals surface area contributed by atoms with Gasteiger partial charge in [-0.25, -0.2) is 0 Å². The van der Waals surface area contributed by atoms with Gasteiger partial charge in [0.25, 0.3) is 0 Å². The summed E-state index contributed by atoms with van der Waals surface area (Å²) in [6.45, 7) is 3.58. The summed E-state index contributed by atoms with van der Waals surface area (Å²) >= 11 is 2.28. The molecule has 0 saturated carbocycles. The standard InChI is InChI=1S/C4H7IS/c1-2-3-4-6-5/h2H,1,3-4H2. The fraction of sp³-hybridized carbons (Fsp3) is 0.500. The zero-order valence-electron chi connectivity index (χ0n) is 3.48. The maximum Gasteiger partial charge on any atom is 0.00679 e. The van der Waals surface area contributed by atoms with E-state index in [9.17, 15) is 0 Å². The van der Waals surface area contributed by atoms with Gasteiger partial charge in [0.2, 0.25) is 0 Å². The van der Waals surface area contributed by atoms with Crippen LogP contribution in [0.3, 0.4) is 0 Å². The summed E-state index contributed by atoms with van der Waals surface area (Å²) in [5.41, 5.74) is 0. The fourth-order valence-corrected chi connectivity index (χ4v) is 1.15. The maximum absolute atomic E-state index is 3.58. The van der Waals surface area contributed by atoms with Gasteiger partial charge in [0.05, 0.1) is 0 Å². The van der Waals surface area contributed by atoms with Crippen LogP contribution >= 0.6 is 30.1 Å². The minimum absolute atomic E-state index is 1.13. The molecule has 0 nitrogen and oxygen atoms in total. The maximum atomic E-state index is 3.58. The Bertz CT molecular complexity index is 36.5. The fourth-order valence-electron chi connectivity index (χ4n) is 0.128. The minimum atomic E-state index is 1.13. The van der Waals surface area contributed by atoms with E-state index >= 15 is 0 Å². The Hall–Kier alpha value is 0.820. The first-order chi connectivity index (χ1) is 2.91. The zero-order chi connectivity index (χ0) is 4.83. The van der Waals surface area contributed by atoms with E-state index in [2.05, 4.69) is 27.8 Å². The Morgan fingerprint density at radius 3 is 2.67 bits per heavy atom. The van der Waals surface area contributed by atoms with E-state index in [4.69, 9.17) is 0 Å². The SMILES string of the molecule is C=CCCSI. The second kappa shape index (κ2) is 5.82. The van der Waals surface area contributed by atoms with Crippen LogP contribution in [0.15, 0.2) is 12.7 Å².